The minimum atomic E-state index is -4.60. The van der Waals surface area contributed by atoms with Gasteiger partial charge in [-0.05, 0) is 62.4 Å². The third-order valence-electron chi connectivity index (χ3n) is 4.91. The summed E-state index contributed by atoms with van der Waals surface area (Å²) < 4.78 is 76.6. The molecule has 2 aromatic carbocycles. The topological polar surface area (TPSA) is 84.9 Å². The molecule has 3 rings (SSSR count). The molecule has 1 atom stereocenters. The second kappa shape index (κ2) is 8.14. The van der Waals surface area contributed by atoms with Crippen molar-refractivity contribution < 1.29 is 41.1 Å². The Morgan fingerprint density at radius 1 is 0.970 bits per heavy atom. The molecule has 4 amide bonds. The summed E-state index contributed by atoms with van der Waals surface area (Å²) in [5.41, 5.74) is -3.25. The number of rotatable bonds is 3. The molecule has 2 aromatic rings. The number of urea groups is 2. The molecule has 7 nitrogen and oxygen atoms in total. The number of carbonyl (C=O) groups excluding carboxylic acids is 2. The van der Waals surface area contributed by atoms with Crippen LogP contribution < -0.4 is 15.5 Å². The smallest absolute Gasteiger partial charge is 0.329 e. The Kier molecular flexibility index (Phi) is 5.96. The van der Waals surface area contributed by atoms with Gasteiger partial charge in [0.15, 0.2) is 6.17 Å². The van der Waals surface area contributed by atoms with Crippen molar-refractivity contribution in [2.45, 2.75) is 37.9 Å². The van der Waals surface area contributed by atoms with Gasteiger partial charge < -0.3 is 10.6 Å². The number of alkyl halides is 6. The molecule has 0 spiro atoms. The van der Waals surface area contributed by atoms with Crippen molar-refractivity contribution in [3.8, 4) is 0 Å². The van der Waals surface area contributed by atoms with Crippen LogP contribution in [-0.4, -0.2) is 34.0 Å². The van der Waals surface area contributed by atoms with Crippen LogP contribution in [0.5, 0.6) is 0 Å². The van der Waals surface area contributed by atoms with Gasteiger partial charge in [-0.1, -0.05) is 0 Å². The fraction of sp³-hybridized carbons (Fsp3) is 0.300. The quantitative estimate of drug-likeness (QED) is 0.320. The molecular formula is C20H18F6N4O3. The molecule has 1 saturated heterocycles. The molecule has 178 valence electrons. The number of nitrogens with zero attached hydrogens (tertiary/aromatic N) is 2. The van der Waals surface area contributed by atoms with E-state index < -0.39 is 47.2 Å². The lowest BCUT2D eigenvalue weighted by atomic mass is 10.0. The first-order valence-electron chi connectivity index (χ1n) is 9.36. The Hall–Kier alpha value is -3.48. The van der Waals surface area contributed by atoms with E-state index in [9.17, 15) is 41.1 Å². The average molecular weight is 476 g/mol. The summed E-state index contributed by atoms with van der Waals surface area (Å²) in [6, 6.07) is 4.97. The number of carbonyl (C=O) groups is 2. The van der Waals surface area contributed by atoms with Gasteiger partial charge >= 0.3 is 24.4 Å². The van der Waals surface area contributed by atoms with E-state index in [1.54, 1.807) is 0 Å². The van der Waals surface area contributed by atoms with Crippen LogP contribution in [0.25, 0.3) is 0 Å². The van der Waals surface area contributed by atoms with Gasteiger partial charge in [0.1, 0.15) is 0 Å². The number of hydroxylamine groups is 2. The maximum Gasteiger partial charge on any atom is 0.416 e. The van der Waals surface area contributed by atoms with Crippen LogP contribution in [0.1, 0.15) is 25.0 Å². The first-order valence-corrected chi connectivity index (χ1v) is 9.36. The van der Waals surface area contributed by atoms with E-state index >= 15 is 0 Å². The van der Waals surface area contributed by atoms with Crippen LogP contribution >= 0.6 is 0 Å². The third kappa shape index (κ3) is 4.97. The highest BCUT2D eigenvalue weighted by Crippen LogP contribution is 2.35. The van der Waals surface area contributed by atoms with Gasteiger partial charge in [0, 0.05) is 11.4 Å². The zero-order valence-electron chi connectivity index (χ0n) is 17.1. The van der Waals surface area contributed by atoms with Crippen molar-refractivity contribution in [3.05, 3.63) is 59.7 Å². The van der Waals surface area contributed by atoms with E-state index in [1.165, 1.54) is 13.8 Å². The van der Waals surface area contributed by atoms with Crippen molar-refractivity contribution in [1.29, 1.82) is 0 Å². The van der Waals surface area contributed by atoms with E-state index in [-0.39, 0.29) is 16.4 Å². The van der Waals surface area contributed by atoms with E-state index in [0.29, 0.717) is 0 Å². The average Bonchev–Trinajstić information content (AvgIpc) is 2.94. The number of hydrogen-bond acceptors (Lipinski definition) is 3. The molecule has 1 aliphatic heterocycles. The van der Waals surface area contributed by atoms with Crippen LogP contribution in [0, 0.1) is 0 Å². The van der Waals surface area contributed by atoms with Gasteiger partial charge in [0.25, 0.3) is 0 Å². The van der Waals surface area contributed by atoms with Gasteiger partial charge in [-0.15, -0.1) is 0 Å². The first kappa shape index (κ1) is 24.2. The van der Waals surface area contributed by atoms with Crippen molar-refractivity contribution in [2.75, 3.05) is 10.2 Å². The molecule has 1 aliphatic rings. The van der Waals surface area contributed by atoms with E-state index in [2.05, 4.69) is 10.6 Å². The van der Waals surface area contributed by atoms with Gasteiger partial charge in [0.2, 0.25) is 0 Å². The second-order valence-corrected chi connectivity index (χ2v) is 7.79. The number of anilines is 2. The number of amides is 4. The number of nitrogens with one attached hydrogen (secondary N) is 2. The highest BCUT2D eigenvalue weighted by Gasteiger charge is 2.51. The van der Waals surface area contributed by atoms with Crippen molar-refractivity contribution >= 4 is 23.4 Å². The molecular weight excluding hydrogens is 458 g/mol. The summed E-state index contributed by atoms with van der Waals surface area (Å²) in [5.74, 6) is 0. The number of hydrogen-bond donors (Lipinski definition) is 3. The fourth-order valence-electron chi connectivity index (χ4n) is 3.35. The van der Waals surface area contributed by atoms with Gasteiger partial charge in [-0.25, -0.2) is 9.59 Å². The predicted octanol–water partition coefficient (Wildman–Crippen LogP) is 5.28. The summed E-state index contributed by atoms with van der Waals surface area (Å²) in [7, 11) is 0. The minimum absolute atomic E-state index is 0.0301. The molecule has 33 heavy (non-hydrogen) atoms. The Bertz CT molecular complexity index is 1040. The number of halogens is 6. The van der Waals surface area contributed by atoms with E-state index in [4.69, 9.17) is 0 Å². The molecule has 0 saturated carbocycles. The van der Waals surface area contributed by atoms with Crippen LogP contribution in [0.2, 0.25) is 0 Å². The van der Waals surface area contributed by atoms with Crippen LogP contribution in [-0.2, 0) is 12.4 Å². The maximum atomic E-state index is 12.8. The van der Waals surface area contributed by atoms with Crippen molar-refractivity contribution in [3.63, 3.8) is 0 Å². The van der Waals surface area contributed by atoms with Crippen LogP contribution in [0.3, 0.4) is 0 Å². The summed E-state index contributed by atoms with van der Waals surface area (Å²) >= 11 is 0. The van der Waals surface area contributed by atoms with Gasteiger partial charge in [-0.3, -0.25) is 10.1 Å². The Morgan fingerprint density at radius 3 is 1.88 bits per heavy atom. The SMILES string of the molecule is CC1(C)NC(=O)N(c2ccc(C(F)(F)F)cc2)C1N(O)C(=O)Nc1ccc(C(F)(F)F)cc1. The van der Waals surface area contributed by atoms with E-state index in [1.807, 2.05) is 0 Å². The maximum absolute atomic E-state index is 12.8. The largest absolute Gasteiger partial charge is 0.416 e. The first-order chi connectivity index (χ1) is 15.1. The Balaban J connectivity index is 1.84. The molecule has 0 bridgehead atoms. The van der Waals surface area contributed by atoms with Gasteiger partial charge in [-0.2, -0.15) is 31.4 Å². The standard InChI is InChI=1S/C20H18F6N4O3/c1-18(2)15(29(17(32)28-18)14-9-5-12(6-10-14)20(24,25)26)30(33)16(31)27-13-7-3-11(4-8-13)19(21,22)23/h3-10,15,33H,1-2H3,(H,27,31)(H,28,32). The lowest BCUT2D eigenvalue weighted by Gasteiger charge is -2.35. The normalized spacial score (nSPS) is 18.2. The second-order valence-electron chi connectivity index (χ2n) is 7.79. The van der Waals surface area contributed by atoms with Crippen LogP contribution in [0.15, 0.2) is 48.5 Å². The lowest BCUT2D eigenvalue weighted by molar-refractivity contribution is -0.138. The summed E-state index contributed by atoms with van der Waals surface area (Å²) in [6.45, 7) is 2.93. The highest BCUT2D eigenvalue weighted by molar-refractivity contribution is 5.98. The summed E-state index contributed by atoms with van der Waals surface area (Å²) in [6.07, 6.45) is -10.6. The lowest BCUT2D eigenvalue weighted by Crippen LogP contribution is -2.57. The van der Waals surface area contributed by atoms with E-state index in [0.717, 1.165) is 53.4 Å². The zero-order chi connectivity index (χ0) is 24.8. The predicted molar refractivity (Wildman–Crippen MR) is 104 cm³/mol. The highest BCUT2D eigenvalue weighted by atomic mass is 19.4. The molecule has 0 aliphatic carbocycles. The number of benzene rings is 2. The molecule has 13 heteroatoms. The minimum Gasteiger partial charge on any atom is -0.329 e. The summed E-state index contributed by atoms with van der Waals surface area (Å²) in [5, 5.41) is 15.4. The third-order valence-corrected chi connectivity index (χ3v) is 4.91. The Labute approximate surface area is 183 Å². The monoisotopic (exact) mass is 476 g/mol. The van der Waals surface area contributed by atoms with Crippen molar-refractivity contribution in [2.24, 2.45) is 0 Å². The molecule has 1 fully saturated rings. The Morgan fingerprint density at radius 2 is 1.42 bits per heavy atom. The van der Waals surface area contributed by atoms with Crippen molar-refractivity contribution in [1.82, 2.24) is 10.4 Å². The zero-order valence-corrected chi connectivity index (χ0v) is 17.1. The molecule has 3 N–H and O–H groups in total. The summed E-state index contributed by atoms with van der Waals surface area (Å²) in [4.78, 5) is 26.0. The fourth-order valence-corrected chi connectivity index (χ4v) is 3.35. The molecule has 0 aromatic heterocycles. The molecule has 1 heterocycles. The molecule has 0 radical (unpaired) electrons. The van der Waals surface area contributed by atoms with Gasteiger partial charge in [0.05, 0.1) is 16.7 Å². The molecule has 1 unspecified atom stereocenters. The van der Waals surface area contributed by atoms with Crippen LogP contribution in [0.4, 0.5) is 47.3 Å².